The van der Waals surface area contributed by atoms with Crippen molar-refractivity contribution in [2.24, 2.45) is 0 Å². The van der Waals surface area contributed by atoms with Crippen LogP contribution in [0.4, 0.5) is 0 Å². The Kier molecular flexibility index (Phi) is 3.42. The van der Waals surface area contributed by atoms with Crippen molar-refractivity contribution in [2.45, 2.75) is 31.8 Å². The summed E-state index contributed by atoms with van der Waals surface area (Å²) in [6.45, 7) is 9.00. The second kappa shape index (κ2) is 4.60. The lowest BCUT2D eigenvalue weighted by molar-refractivity contribution is -0.0685. The van der Waals surface area contributed by atoms with Crippen molar-refractivity contribution in [1.82, 2.24) is 10.2 Å². The van der Waals surface area contributed by atoms with Crippen molar-refractivity contribution in [3.05, 3.63) is 0 Å². The SMILES string of the molecule is CC1(OCCCN2CCCC2)CNC1. The van der Waals surface area contributed by atoms with E-state index >= 15 is 0 Å². The predicted molar refractivity (Wildman–Crippen MR) is 57.5 cm³/mol. The molecule has 2 aliphatic heterocycles. The van der Waals surface area contributed by atoms with Crippen LogP contribution in [0.5, 0.6) is 0 Å². The first-order valence-electron chi connectivity index (χ1n) is 5.86. The van der Waals surface area contributed by atoms with E-state index in [2.05, 4.69) is 17.1 Å². The third-order valence-corrected chi connectivity index (χ3v) is 3.27. The molecule has 3 nitrogen and oxygen atoms in total. The van der Waals surface area contributed by atoms with Gasteiger partial charge in [-0.3, -0.25) is 0 Å². The molecule has 0 aromatic heterocycles. The van der Waals surface area contributed by atoms with Crippen LogP contribution in [-0.2, 0) is 4.74 Å². The Labute approximate surface area is 86.8 Å². The Hall–Kier alpha value is -0.120. The van der Waals surface area contributed by atoms with Crippen molar-refractivity contribution >= 4 is 0 Å². The van der Waals surface area contributed by atoms with Crippen LogP contribution in [0.2, 0.25) is 0 Å². The number of likely N-dealkylation sites (tertiary alicyclic amines) is 1. The summed E-state index contributed by atoms with van der Waals surface area (Å²) in [5, 5.41) is 3.25. The van der Waals surface area contributed by atoms with Gasteiger partial charge in [0.05, 0.1) is 5.60 Å². The van der Waals surface area contributed by atoms with Crippen molar-refractivity contribution < 1.29 is 4.74 Å². The highest BCUT2D eigenvalue weighted by molar-refractivity contribution is 4.90. The smallest absolute Gasteiger partial charge is 0.0901 e. The average Bonchev–Trinajstić information content (AvgIpc) is 2.62. The molecule has 3 heteroatoms. The fourth-order valence-corrected chi connectivity index (χ4v) is 2.19. The number of hydrogen-bond donors (Lipinski definition) is 1. The first-order chi connectivity index (χ1) is 6.79. The van der Waals surface area contributed by atoms with Gasteiger partial charge in [0.25, 0.3) is 0 Å². The summed E-state index contributed by atoms with van der Waals surface area (Å²) < 4.78 is 5.84. The Morgan fingerprint density at radius 2 is 2.00 bits per heavy atom. The highest BCUT2D eigenvalue weighted by Crippen LogP contribution is 2.15. The van der Waals surface area contributed by atoms with Crippen LogP contribution >= 0.6 is 0 Å². The highest BCUT2D eigenvalue weighted by Gasteiger charge is 2.32. The van der Waals surface area contributed by atoms with E-state index < -0.39 is 0 Å². The Morgan fingerprint density at radius 3 is 2.57 bits per heavy atom. The third-order valence-electron chi connectivity index (χ3n) is 3.27. The quantitative estimate of drug-likeness (QED) is 0.663. The molecule has 0 saturated carbocycles. The van der Waals surface area contributed by atoms with E-state index in [4.69, 9.17) is 4.74 Å². The van der Waals surface area contributed by atoms with Gasteiger partial charge in [-0.2, -0.15) is 0 Å². The van der Waals surface area contributed by atoms with Gasteiger partial charge in [0.2, 0.25) is 0 Å². The molecule has 0 amide bonds. The zero-order valence-electron chi connectivity index (χ0n) is 9.22. The number of ether oxygens (including phenoxy) is 1. The molecule has 2 fully saturated rings. The van der Waals surface area contributed by atoms with Crippen LogP contribution in [0.25, 0.3) is 0 Å². The van der Waals surface area contributed by atoms with Gasteiger partial charge in [0.15, 0.2) is 0 Å². The molecule has 0 unspecified atom stereocenters. The van der Waals surface area contributed by atoms with Crippen LogP contribution < -0.4 is 5.32 Å². The minimum Gasteiger partial charge on any atom is -0.373 e. The van der Waals surface area contributed by atoms with Crippen LogP contribution in [0.15, 0.2) is 0 Å². The maximum atomic E-state index is 5.84. The van der Waals surface area contributed by atoms with E-state index in [-0.39, 0.29) is 5.60 Å². The molecule has 2 rings (SSSR count). The second-order valence-electron chi connectivity index (χ2n) is 4.80. The molecule has 0 aromatic rings. The molecule has 2 saturated heterocycles. The van der Waals surface area contributed by atoms with Crippen LogP contribution in [0.3, 0.4) is 0 Å². The highest BCUT2D eigenvalue weighted by atomic mass is 16.5. The van der Waals surface area contributed by atoms with Gasteiger partial charge >= 0.3 is 0 Å². The van der Waals surface area contributed by atoms with E-state index in [1.165, 1.54) is 38.9 Å². The van der Waals surface area contributed by atoms with E-state index in [1.807, 2.05) is 0 Å². The zero-order valence-corrected chi connectivity index (χ0v) is 9.22. The van der Waals surface area contributed by atoms with E-state index in [1.54, 1.807) is 0 Å². The maximum Gasteiger partial charge on any atom is 0.0901 e. The zero-order chi connectivity index (χ0) is 9.86. The van der Waals surface area contributed by atoms with E-state index in [0.29, 0.717) is 0 Å². The predicted octanol–water partition coefficient (Wildman–Crippen LogP) is 0.851. The fourth-order valence-electron chi connectivity index (χ4n) is 2.19. The van der Waals surface area contributed by atoms with Gasteiger partial charge in [0.1, 0.15) is 0 Å². The van der Waals surface area contributed by atoms with Crippen LogP contribution in [-0.4, -0.2) is 49.8 Å². The molecule has 2 heterocycles. The molecular formula is C11H22N2O. The number of hydrogen-bond acceptors (Lipinski definition) is 3. The normalized spacial score (nSPS) is 26.4. The van der Waals surface area contributed by atoms with Crippen LogP contribution in [0, 0.1) is 0 Å². The summed E-state index contributed by atoms with van der Waals surface area (Å²) in [5.74, 6) is 0. The molecular weight excluding hydrogens is 176 g/mol. The van der Waals surface area contributed by atoms with Gasteiger partial charge in [0, 0.05) is 26.2 Å². The van der Waals surface area contributed by atoms with Gasteiger partial charge in [-0.15, -0.1) is 0 Å². The summed E-state index contributed by atoms with van der Waals surface area (Å²) in [6, 6.07) is 0. The summed E-state index contributed by atoms with van der Waals surface area (Å²) in [7, 11) is 0. The van der Waals surface area contributed by atoms with Gasteiger partial charge < -0.3 is 15.0 Å². The Balaban J connectivity index is 1.50. The fraction of sp³-hybridized carbons (Fsp3) is 1.00. The number of rotatable bonds is 5. The van der Waals surface area contributed by atoms with E-state index in [9.17, 15) is 0 Å². The average molecular weight is 198 g/mol. The number of nitrogens with zero attached hydrogens (tertiary/aromatic N) is 1. The summed E-state index contributed by atoms with van der Waals surface area (Å²) >= 11 is 0. The van der Waals surface area contributed by atoms with Crippen LogP contribution in [0.1, 0.15) is 26.2 Å². The second-order valence-corrected chi connectivity index (χ2v) is 4.80. The molecule has 14 heavy (non-hydrogen) atoms. The summed E-state index contributed by atoms with van der Waals surface area (Å²) in [4.78, 5) is 2.55. The van der Waals surface area contributed by atoms with Gasteiger partial charge in [-0.05, 0) is 39.3 Å². The molecule has 1 N–H and O–H groups in total. The lowest BCUT2D eigenvalue weighted by Crippen LogP contribution is -2.59. The summed E-state index contributed by atoms with van der Waals surface area (Å²) in [5.41, 5.74) is 0.144. The lowest BCUT2D eigenvalue weighted by Gasteiger charge is -2.39. The maximum absolute atomic E-state index is 5.84. The standard InChI is InChI=1S/C11H22N2O/c1-11(9-12-10-11)14-8-4-7-13-5-2-3-6-13/h12H,2-10H2,1H3. The third kappa shape index (κ3) is 2.69. The molecule has 82 valence electrons. The largest absolute Gasteiger partial charge is 0.373 e. The van der Waals surface area contributed by atoms with Gasteiger partial charge in [-0.25, -0.2) is 0 Å². The topological polar surface area (TPSA) is 24.5 Å². The Bertz CT molecular complexity index is 174. The molecule has 2 aliphatic rings. The van der Waals surface area contributed by atoms with E-state index in [0.717, 1.165) is 19.7 Å². The first-order valence-corrected chi connectivity index (χ1v) is 5.86. The minimum atomic E-state index is 0.144. The van der Waals surface area contributed by atoms with Crippen molar-refractivity contribution in [3.8, 4) is 0 Å². The molecule has 0 aromatic carbocycles. The summed E-state index contributed by atoms with van der Waals surface area (Å²) in [6.07, 6.45) is 3.97. The molecule has 0 bridgehead atoms. The van der Waals surface area contributed by atoms with Crippen molar-refractivity contribution in [3.63, 3.8) is 0 Å². The molecule has 0 aliphatic carbocycles. The first kappa shape index (κ1) is 10.4. The van der Waals surface area contributed by atoms with Crippen molar-refractivity contribution in [2.75, 3.05) is 39.3 Å². The van der Waals surface area contributed by atoms with Gasteiger partial charge in [-0.1, -0.05) is 0 Å². The molecule has 0 spiro atoms. The number of nitrogens with one attached hydrogen (secondary N) is 1. The molecule has 0 atom stereocenters. The minimum absolute atomic E-state index is 0.144. The Morgan fingerprint density at radius 1 is 1.29 bits per heavy atom. The molecule has 0 radical (unpaired) electrons. The monoisotopic (exact) mass is 198 g/mol. The van der Waals surface area contributed by atoms with Crippen molar-refractivity contribution in [1.29, 1.82) is 0 Å². The lowest BCUT2D eigenvalue weighted by atomic mass is 10.0.